The van der Waals surface area contributed by atoms with Gasteiger partial charge >= 0.3 is 5.97 Å². The van der Waals surface area contributed by atoms with Gasteiger partial charge in [-0.15, -0.1) is 0 Å². The first-order valence-electron chi connectivity index (χ1n) is 5.80. The van der Waals surface area contributed by atoms with E-state index in [2.05, 4.69) is 0 Å². The van der Waals surface area contributed by atoms with Gasteiger partial charge in [-0.2, -0.15) is 0 Å². The molecule has 1 rings (SSSR count). The highest BCUT2D eigenvalue weighted by Gasteiger charge is 2.28. The number of carboxylic acids is 1. The summed E-state index contributed by atoms with van der Waals surface area (Å²) in [5.74, 6) is -0.409. The highest BCUT2D eigenvalue weighted by atomic mass is 16.4. The fourth-order valence-corrected chi connectivity index (χ4v) is 2.05. The molecule has 0 amide bonds. The van der Waals surface area contributed by atoms with Crippen LogP contribution in [0.25, 0.3) is 0 Å². The quantitative estimate of drug-likeness (QED) is 0.843. The average molecular weight is 236 g/mol. The minimum Gasteiger partial charge on any atom is -0.507 e. The molecule has 0 fully saturated rings. The number of rotatable bonds is 4. The Morgan fingerprint density at radius 3 is 2.41 bits per heavy atom. The molecule has 0 radical (unpaired) electrons. The maximum atomic E-state index is 10.8. The van der Waals surface area contributed by atoms with Crippen molar-refractivity contribution >= 4 is 5.97 Å². The van der Waals surface area contributed by atoms with Gasteiger partial charge in [-0.25, -0.2) is 0 Å². The molecule has 0 spiro atoms. The number of carboxylic acid groups (broad SMARTS) is 1. The van der Waals surface area contributed by atoms with Crippen LogP contribution in [0.1, 0.15) is 51.2 Å². The average Bonchev–Trinajstić information content (AvgIpc) is 2.14. The lowest BCUT2D eigenvalue weighted by Crippen LogP contribution is -2.22. The third-order valence-corrected chi connectivity index (χ3v) is 3.01. The fourth-order valence-electron chi connectivity index (χ4n) is 2.05. The molecule has 0 saturated carbocycles. The van der Waals surface area contributed by atoms with Crippen LogP contribution in [-0.4, -0.2) is 16.2 Å². The molecule has 0 bridgehead atoms. The maximum Gasteiger partial charge on any atom is 0.304 e. The Balaban J connectivity index is 3.22. The molecule has 3 nitrogen and oxygen atoms in total. The molecule has 1 aromatic rings. The van der Waals surface area contributed by atoms with Crippen molar-refractivity contribution < 1.29 is 15.0 Å². The van der Waals surface area contributed by atoms with Gasteiger partial charge in [0.25, 0.3) is 0 Å². The highest BCUT2D eigenvalue weighted by Crippen LogP contribution is 2.38. The van der Waals surface area contributed by atoms with Crippen LogP contribution in [0.3, 0.4) is 0 Å². The number of para-hydroxylation sites is 1. The predicted octanol–water partition coefficient (Wildman–Crippen LogP) is 3.27. The van der Waals surface area contributed by atoms with Gasteiger partial charge in [0.1, 0.15) is 5.75 Å². The zero-order valence-corrected chi connectivity index (χ0v) is 10.8. The molecule has 94 valence electrons. The van der Waals surface area contributed by atoms with Crippen molar-refractivity contribution in [3.63, 3.8) is 0 Å². The van der Waals surface area contributed by atoms with Gasteiger partial charge in [-0.1, -0.05) is 45.9 Å². The first-order chi connectivity index (χ1) is 7.75. The van der Waals surface area contributed by atoms with Crippen molar-refractivity contribution in [1.29, 1.82) is 0 Å². The van der Waals surface area contributed by atoms with Gasteiger partial charge in [0.05, 0.1) is 6.42 Å². The standard InChI is InChI=1S/C14H20O3/c1-9(2)10-6-5-7-11(13(10)17)14(3,4)8-12(15)16/h5-7,9,17H,8H2,1-4H3,(H,15,16). The van der Waals surface area contributed by atoms with Crippen LogP contribution in [0.5, 0.6) is 5.75 Å². The van der Waals surface area contributed by atoms with E-state index in [-0.39, 0.29) is 18.1 Å². The van der Waals surface area contributed by atoms with Crippen LogP contribution in [0.15, 0.2) is 18.2 Å². The molecule has 0 aliphatic rings. The molecule has 0 heterocycles. The summed E-state index contributed by atoms with van der Waals surface area (Å²) in [6.07, 6.45) is 0.00209. The van der Waals surface area contributed by atoms with Crippen LogP contribution in [0.2, 0.25) is 0 Å². The summed E-state index contributed by atoms with van der Waals surface area (Å²) in [4.78, 5) is 10.8. The Labute approximate surface area is 102 Å². The molecule has 3 heteroatoms. The molecular weight excluding hydrogens is 216 g/mol. The van der Waals surface area contributed by atoms with E-state index in [0.29, 0.717) is 5.56 Å². The lowest BCUT2D eigenvalue weighted by atomic mass is 9.79. The number of aromatic hydroxyl groups is 1. The van der Waals surface area contributed by atoms with E-state index < -0.39 is 11.4 Å². The van der Waals surface area contributed by atoms with Crippen LogP contribution in [0, 0.1) is 0 Å². The number of hydrogen-bond donors (Lipinski definition) is 2. The molecule has 1 aromatic carbocycles. The number of benzene rings is 1. The first kappa shape index (κ1) is 13.6. The second kappa shape index (κ2) is 4.78. The highest BCUT2D eigenvalue weighted by molar-refractivity contribution is 5.69. The van der Waals surface area contributed by atoms with Crippen molar-refractivity contribution in [2.45, 2.75) is 45.4 Å². The lowest BCUT2D eigenvalue weighted by molar-refractivity contribution is -0.138. The molecule has 17 heavy (non-hydrogen) atoms. The van der Waals surface area contributed by atoms with Crippen LogP contribution in [0.4, 0.5) is 0 Å². The number of carbonyl (C=O) groups is 1. The molecular formula is C14H20O3. The fraction of sp³-hybridized carbons (Fsp3) is 0.500. The molecule has 0 aromatic heterocycles. The summed E-state index contributed by atoms with van der Waals surface area (Å²) >= 11 is 0. The molecule has 0 aliphatic carbocycles. The Kier molecular flexibility index (Phi) is 3.81. The van der Waals surface area contributed by atoms with E-state index in [1.54, 1.807) is 6.07 Å². The van der Waals surface area contributed by atoms with E-state index >= 15 is 0 Å². The minimum atomic E-state index is -0.857. The Bertz CT molecular complexity index is 419. The van der Waals surface area contributed by atoms with Crippen molar-refractivity contribution in [1.82, 2.24) is 0 Å². The summed E-state index contributed by atoms with van der Waals surface area (Å²) in [6.45, 7) is 7.67. The number of aliphatic carboxylic acids is 1. The summed E-state index contributed by atoms with van der Waals surface area (Å²) in [5, 5.41) is 19.1. The predicted molar refractivity (Wildman–Crippen MR) is 67.5 cm³/mol. The third kappa shape index (κ3) is 2.99. The van der Waals surface area contributed by atoms with Gasteiger partial charge in [-0.05, 0) is 11.5 Å². The Hall–Kier alpha value is -1.51. The summed E-state index contributed by atoms with van der Waals surface area (Å²) in [7, 11) is 0. The Morgan fingerprint density at radius 1 is 1.35 bits per heavy atom. The van der Waals surface area contributed by atoms with E-state index in [0.717, 1.165) is 5.56 Å². The number of phenols is 1. The monoisotopic (exact) mass is 236 g/mol. The van der Waals surface area contributed by atoms with Crippen molar-refractivity contribution in [3.8, 4) is 5.75 Å². The van der Waals surface area contributed by atoms with Crippen molar-refractivity contribution in [3.05, 3.63) is 29.3 Å². The first-order valence-corrected chi connectivity index (χ1v) is 5.80. The summed E-state index contributed by atoms with van der Waals surface area (Å²) < 4.78 is 0. The van der Waals surface area contributed by atoms with Gasteiger partial charge in [-0.3, -0.25) is 4.79 Å². The van der Waals surface area contributed by atoms with Crippen LogP contribution in [-0.2, 0) is 10.2 Å². The van der Waals surface area contributed by atoms with E-state index in [9.17, 15) is 9.90 Å². The topological polar surface area (TPSA) is 57.5 Å². The number of phenolic OH excluding ortho intramolecular Hbond substituents is 1. The van der Waals surface area contributed by atoms with Gasteiger partial charge in [0, 0.05) is 11.0 Å². The van der Waals surface area contributed by atoms with E-state index in [1.165, 1.54) is 0 Å². The molecule has 2 N–H and O–H groups in total. The van der Waals surface area contributed by atoms with Gasteiger partial charge in [0.2, 0.25) is 0 Å². The van der Waals surface area contributed by atoms with Crippen LogP contribution < -0.4 is 0 Å². The normalized spacial score (nSPS) is 11.8. The minimum absolute atomic E-state index is 0.00209. The smallest absolute Gasteiger partial charge is 0.304 e. The zero-order valence-electron chi connectivity index (χ0n) is 10.8. The van der Waals surface area contributed by atoms with Gasteiger partial charge < -0.3 is 10.2 Å². The van der Waals surface area contributed by atoms with Crippen molar-refractivity contribution in [2.75, 3.05) is 0 Å². The molecule has 0 saturated heterocycles. The van der Waals surface area contributed by atoms with E-state index in [4.69, 9.17) is 5.11 Å². The lowest BCUT2D eigenvalue weighted by Gasteiger charge is -2.25. The third-order valence-electron chi connectivity index (χ3n) is 3.01. The second-order valence-corrected chi connectivity index (χ2v) is 5.35. The van der Waals surface area contributed by atoms with Crippen LogP contribution >= 0.6 is 0 Å². The SMILES string of the molecule is CC(C)c1cccc(C(C)(C)CC(=O)O)c1O. The Morgan fingerprint density at radius 2 is 1.94 bits per heavy atom. The maximum absolute atomic E-state index is 10.8. The largest absolute Gasteiger partial charge is 0.507 e. The molecule has 0 unspecified atom stereocenters. The second-order valence-electron chi connectivity index (χ2n) is 5.35. The summed E-state index contributed by atoms with van der Waals surface area (Å²) in [6, 6.07) is 5.54. The van der Waals surface area contributed by atoms with Gasteiger partial charge in [0.15, 0.2) is 0 Å². The van der Waals surface area contributed by atoms with E-state index in [1.807, 2.05) is 39.8 Å². The molecule has 0 atom stereocenters. The molecule has 0 aliphatic heterocycles. The zero-order chi connectivity index (χ0) is 13.2. The van der Waals surface area contributed by atoms with Crippen molar-refractivity contribution in [2.24, 2.45) is 0 Å². The summed E-state index contributed by atoms with van der Waals surface area (Å²) in [5.41, 5.74) is 0.993. The number of hydrogen-bond acceptors (Lipinski definition) is 2.